The van der Waals surface area contributed by atoms with Crippen LogP contribution >= 0.6 is 0 Å². The lowest BCUT2D eigenvalue weighted by atomic mass is 9.97. The van der Waals surface area contributed by atoms with E-state index < -0.39 is 0 Å². The first-order valence-electron chi connectivity index (χ1n) is 8.81. The molecule has 0 amide bonds. The fraction of sp³-hybridized carbons (Fsp3) is 0.174. The number of hydrogen-bond donors (Lipinski definition) is 1. The van der Waals surface area contributed by atoms with Gasteiger partial charge in [0.05, 0.1) is 13.2 Å². The van der Waals surface area contributed by atoms with Gasteiger partial charge in [0, 0.05) is 17.7 Å². The van der Waals surface area contributed by atoms with Gasteiger partial charge in [0.2, 0.25) is 0 Å². The van der Waals surface area contributed by atoms with Crippen molar-refractivity contribution in [2.45, 2.75) is 19.4 Å². The van der Waals surface area contributed by atoms with E-state index in [-0.39, 0.29) is 24.1 Å². The van der Waals surface area contributed by atoms with Crippen molar-refractivity contribution >= 4 is 11.5 Å². The van der Waals surface area contributed by atoms with Crippen LogP contribution in [0.4, 0.5) is 10.1 Å². The summed E-state index contributed by atoms with van der Waals surface area (Å²) in [7, 11) is 1.62. The molecule has 4 heteroatoms. The summed E-state index contributed by atoms with van der Waals surface area (Å²) in [6.07, 6.45) is 0.265. The highest BCUT2D eigenvalue weighted by atomic mass is 19.1. The number of nitrogens with one attached hydrogen (secondary N) is 1. The Morgan fingerprint density at radius 2 is 1.59 bits per heavy atom. The van der Waals surface area contributed by atoms with E-state index in [1.54, 1.807) is 7.11 Å². The molecule has 0 heterocycles. The number of aryl methyl sites for hydroxylation is 1. The van der Waals surface area contributed by atoms with Crippen LogP contribution in [0.1, 0.15) is 33.9 Å². The van der Waals surface area contributed by atoms with E-state index in [0.29, 0.717) is 5.56 Å². The SMILES string of the molecule is COc1ccc(NC(CC(=O)c2ccc(F)cc2)c2ccc(C)cc2)cc1. The van der Waals surface area contributed by atoms with E-state index >= 15 is 0 Å². The summed E-state index contributed by atoms with van der Waals surface area (Å²) in [5.41, 5.74) is 3.58. The standard InChI is InChI=1S/C23H22FNO2/c1-16-3-5-17(6-4-16)22(25-20-11-13-21(27-2)14-12-20)15-23(26)18-7-9-19(24)10-8-18/h3-14,22,25H,15H2,1-2H3. The van der Waals surface area contributed by atoms with Crippen LogP contribution < -0.4 is 10.1 Å². The van der Waals surface area contributed by atoms with Gasteiger partial charge >= 0.3 is 0 Å². The molecule has 3 aromatic carbocycles. The summed E-state index contributed by atoms with van der Waals surface area (Å²) >= 11 is 0. The molecule has 0 saturated carbocycles. The molecule has 27 heavy (non-hydrogen) atoms. The number of ether oxygens (including phenoxy) is 1. The van der Waals surface area contributed by atoms with Crippen molar-refractivity contribution in [1.29, 1.82) is 0 Å². The van der Waals surface area contributed by atoms with Crippen LogP contribution in [0.2, 0.25) is 0 Å². The number of ketones is 1. The summed E-state index contributed by atoms with van der Waals surface area (Å²) in [6.45, 7) is 2.03. The lowest BCUT2D eigenvalue weighted by Gasteiger charge is -2.20. The quantitative estimate of drug-likeness (QED) is 0.558. The summed E-state index contributed by atoms with van der Waals surface area (Å²) in [5, 5.41) is 3.43. The maximum absolute atomic E-state index is 13.1. The Morgan fingerprint density at radius 1 is 0.963 bits per heavy atom. The van der Waals surface area contributed by atoms with Crippen LogP contribution in [0.15, 0.2) is 72.8 Å². The summed E-state index contributed by atoms with van der Waals surface area (Å²) in [5.74, 6) is 0.384. The van der Waals surface area contributed by atoms with Gasteiger partial charge in [-0.1, -0.05) is 29.8 Å². The average molecular weight is 363 g/mol. The second-order valence-corrected chi connectivity index (χ2v) is 6.47. The number of anilines is 1. The molecule has 0 bridgehead atoms. The Bertz CT molecular complexity index is 887. The highest BCUT2D eigenvalue weighted by Crippen LogP contribution is 2.26. The first-order chi connectivity index (χ1) is 13.0. The van der Waals surface area contributed by atoms with E-state index in [1.807, 2.05) is 55.5 Å². The Hall–Kier alpha value is -3.14. The number of benzene rings is 3. The van der Waals surface area contributed by atoms with E-state index in [4.69, 9.17) is 4.74 Å². The van der Waals surface area contributed by atoms with Crippen LogP contribution in [0.25, 0.3) is 0 Å². The van der Waals surface area contributed by atoms with E-state index in [2.05, 4.69) is 5.32 Å². The molecule has 0 spiro atoms. The summed E-state index contributed by atoms with van der Waals surface area (Å²) < 4.78 is 18.3. The summed E-state index contributed by atoms with van der Waals surface area (Å²) in [6, 6.07) is 21.2. The van der Waals surface area contributed by atoms with Crippen molar-refractivity contribution in [3.05, 3.63) is 95.3 Å². The zero-order valence-corrected chi connectivity index (χ0v) is 15.4. The molecule has 0 aliphatic rings. The lowest BCUT2D eigenvalue weighted by Crippen LogP contribution is -2.16. The van der Waals surface area contributed by atoms with E-state index in [1.165, 1.54) is 24.3 Å². The van der Waals surface area contributed by atoms with Crippen molar-refractivity contribution in [2.75, 3.05) is 12.4 Å². The molecule has 3 nitrogen and oxygen atoms in total. The van der Waals surface area contributed by atoms with Gasteiger partial charge in [-0.05, 0) is 61.0 Å². The zero-order valence-electron chi connectivity index (χ0n) is 15.4. The van der Waals surface area contributed by atoms with Crippen molar-refractivity contribution in [1.82, 2.24) is 0 Å². The van der Waals surface area contributed by atoms with Crippen molar-refractivity contribution < 1.29 is 13.9 Å². The van der Waals surface area contributed by atoms with E-state index in [0.717, 1.165) is 22.6 Å². The Balaban J connectivity index is 1.83. The van der Waals surface area contributed by atoms with Crippen LogP contribution in [0, 0.1) is 12.7 Å². The minimum atomic E-state index is -0.349. The van der Waals surface area contributed by atoms with E-state index in [9.17, 15) is 9.18 Å². The van der Waals surface area contributed by atoms with Gasteiger partial charge < -0.3 is 10.1 Å². The topological polar surface area (TPSA) is 38.3 Å². The Labute approximate surface area is 158 Å². The third-order valence-corrected chi connectivity index (χ3v) is 4.47. The third kappa shape index (κ3) is 4.94. The van der Waals surface area contributed by atoms with Gasteiger partial charge in [0.1, 0.15) is 11.6 Å². The molecule has 0 fully saturated rings. The molecular formula is C23H22FNO2. The maximum atomic E-state index is 13.1. The van der Waals surface area contributed by atoms with Gasteiger partial charge in [0.15, 0.2) is 5.78 Å². The Morgan fingerprint density at radius 3 is 2.19 bits per heavy atom. The van der Waals surface area contributed by atoms with Gasteiger partial charge in [0.25, 0.3) is 0 Å². The zero-order chi connectivity index (χ0) is 19.2. The van der Waals surface area contributed by atoms with Crippen LogP contribution in [-0.4, -0.2) is 12.9 Å². The number of hydrogen-bond acceptors (Lipinski definition) is 3. The molecule has 1 unspecified atom stereocenters. The van der Waals surface area contributed by atoms with Gasteiger partial charge in [-0.2, -0.15) is 0 Å². The van der Waals surface area contributed by atoms with Crippen LogP contribution in [0.3, 0.4) is 0 Å². The predicted octanol–water partition coefficient (Wildman–Crippen LogP) is 5.57. The molecule has 3 rings (SSSR count). The van der Waals surface area contributed by atoms with Gasteiger partial charge in [-0.3, -0.25) is 4.79 Å². The molecule has 3 aromatic rings. The Kier molecular flexibility index (Phi) is 5.87. The molecular weight excluding hydrogens is 341 g/mol. The molecule has 138 valence electrons. The molecule has 1 N–H and O–H groups in total. The minimum absolute atomic E-state index is 0.0402. The predicted molar refractivity (Wildman–Crippen MR) is 106 cm³/mol. The van der Waals surface area contributed by atoms with Crippen molar-refractivity contribution in [2.24, 2.45) is 0 Å². The molecule has 1 atom stereocenters. The monoisotopic (exact) mass is 363 g/mol. The molecule has 0 saturated heterocycles. The number of Topliss-reactive ketones (excluding diaryl/α,β-unsaturated/α-hetero) is 1. The highest BCUT2D eigenvalue weighted by molar-refractivity contribution is 5.96. The largest absolute Gasteiger partial charge is 0.497 e. The average Bonchev–Trinajstić information content (AvgIpc) is 2.69. The number of halogens is 1. The first kappa shape index (κ1) is 18.6. The van der Waals surface area contributed by atoms with Crippen LogP contribution in [0.5, 0.6) is 5.75 Å². The normalized spacial score (nSPS) is 11.7. The molecule has 0 aliphatic carbocycles. The molecule has 0 radical (unpaired) electrons. The molecule has 0 aromatic heterocycles. The van der Waals surface area contributed by atoms with Gasteiger partial charge in [-0.25, -0.2) is 4.39 Å². The summed E-state index contributed by atoms with van der Waals surface area (Å²) in [4.78, 5) is 12.7. The number of rotatable bonds is 7. The fourth-order valence-electron chi connectivity index (χ4n) is 2.88. The number of carbonyl (C=O) groups is 1. The maximum Gasteiger partial charge on any atom is 0.165 e. The smallest absolute Gasteiger partial charge is 0.165 e. The number of carbonyl (C=O) groups excluding carboxylic acids is 1. The number of methoxy groups -OCH3 is 1. The van der Waals surface area contributed by atoms with Crippen LogP contribution in [-0.2, 0) is 0 Å². The minimum Gasteiger partial charge on any atom is -0.497 e. The lowest BCUT2D eigenvalue weighted by molar-refractivity contribution is 0.0976. The van der Waals surface area contributed by atoms with Crippen molar-refractivity contribution in [3.8, 4) is 5.75 Å². The van der Waals surface area contributed by atoms with Crippen molar-refractivity contribution in [3.63, 3.8) is 0 Å². The third-order valence-electron chi connectivity index (χ3n) is 4.47. The molecule has 0 aliphatic heterocycles. The highest BCUT2D eigenvalue weighted by Gasteiger charge is 2.17. The first-order valence-corrected chi connectivity index (χ1v) is 8.81. The fourth-order valence-corrected chi connectivity index (χ4v) is 2.88. The second-order valence-electron chi connectivity index (χ2n) is 6.47. The van der Waals surface area contributed by atoms with Gasteiger partial charge in [-0.15, -0.1) is 0 Å². The second kappa shape index (κ2) is 8.49.